The Hall–Kier alpha value is -1.24. The van der Waals surface area contributed by atoms with E-state index in [1.807, 2.05) is 0 Å². The van der Waals surface area contributed by atoms with Crippen LogP contribution in [-0.2, 0) is 17.1 Å². The summed E-state index contributed by atoms with van der Waals surface area (Å²) in [6, 6.07) is 0. The van der Waals surface area contributed by atoms with E-state index in [-0.39, 0.29) is 29.6 Å². The average molecular weight is 482 g/mol. The minimum atomic E-state index is -3.59. The van der Waals surface area contributed by atoms with Crippen LogP contribution in [0.25, 0.3) is 0 Å². The van der Waals surface area contributed by atoms with Gasteiger partial charge in [-0.1, -0.05) is 0 Å². The Kier molecular flexibility index (Phi) is 4.82. The Morgan fingerprint density at radius 1 is 1.25 bits per heavy atom. The number of carbonyl (C=O) groups is 1. The van der Waals surface area contributed by atoms with E-state index in [0.717, 1.165) is 0 Å². The van der Waals surface area contributed by atoms with E-state index in [4.69, 9.17) is 0 Å². The molecule has 1 amide bonds. The first-order chi connectivity index (χ1) is 11.3. The average Bonchev–Trinajstić information content (AvgIpc) is 3.14. The van der Waals surface area contributed by atoms with Crippen LogP contribution in [0, 0.1) is 0 Å². The summed E-state index contributed by atoms with van der Waals surface area (Å²) >= 11 is 6.53. The van der Waals surface area contributed by atoms with Crippen molar-refractivity contribution in [2.75, 3.05) is 26.2 Å². The number of aromatic nitrogens is 4. The van der Waals surface area contributed by atoms with Gasteiger partial charge in [-0.25, -0.2) is 8.42 Å². The molecule has 2 aromatic rings. The van der Waals surface area contributed by atoms with Crippen molar-refractivity contribution in [3.8, 4) is 0 Å². The molecule has 130 valence electrons. The highest BCUT2D eigenvalue weighted by molar-refractivity contribution is 9.13. The molecule has 3 heterocycles. The van der Waals surface area contributed by atoms with Gasteiger partial charge in [0.05, 0.1) is 10.7 Å². The molecule has 0 atom stereocenters. The standard InChI is InChI=1S/C12H14Br2N6O3S/c1-18-7-8(6-15-18)24(22,23)20-4-2-19(3-5-20)12(21)10-9(13)11(14)17-16-10/h6-7H,2-5H2,1H3,(H,16,17). The van der Waals surface area contributed by atoms with Crippen LogP contribution < -0.4 is 0 Å². The normalized spacial score (nSPS) is 16.5. The van der Waals surface area contributed by atoms with Crippen molar-refractivity contribution in [2.45, 2.75) is 4.90 Å². The van der Waals surface area contributed by atoms with Gasteiger partial charge < -0.3 is 4.90 Å². The highest BCUT2D eigenvalue weighted by atomic mass is 79.9. The third-order valence-electron chi connectivity index (χ3n) is 3.71. The van der Waals surface area contributed by atoms with Gasteiger partial charge in [-0.2, -0.15) is 14.5 Å². The van der Waals surface area contributed by atoms with Crippen molar-refractivity contribution in [1.82, 2.24) is 29.2 Å². The number of hydrogen-bond acceptors (Lipinski definition) is 5. The first-order valence-electron chi connectivity index (χ1n) is 6.98. The fraction of sp³-hybridized carbons (Fsp3) is 0.417. The zero-order chi connectivity index (χ0) is 17.5. The van der Waals surface area contributed by atoms with Gasteiger partial charge in [0.1, 0.15) is 9.50 Å². The maximum atomic E-state index is 12.5. The lowest BCUT2D eigenvalue weighted by Gasteiger charge is -2.33. The molecule has 24 heavy (non-hydrogen) atoms. The number of aromatic amines is 1. The van der Waals surface area contributed by atoms with Gasteiger partial charge in [-0.05, 0) is 31.9 Å². The molecule has 9 nitrogen and oxygen atoms in total. The summed E-state index contributed by atoms with van der Waals surface area (Å²) in [5.41, 5.74) is 0.269. The van der Waals surface area contributed by atoms with Gasteiger partial charge >= 0.3 is 0 Å². The molecule has 12 heteroatoms. The van der Waals surface area contributed by atoms with E-state index in [1.165, 1.54) is 21.4 Å². The maximum absolute atomic E-state index is 12.5. The topological polar surface area (TPSA) is 104 Å². The third-order valence-corrected chi connectivity index (χ3v) is 7.44. The van der Waals surface area contributed by atoms with Crippen LogP contribution in [0.3, 0.4) is 0 Å². The van der Waals surface area contributed by atoms with Crippen molar-refractivity contribution in [2.24, 2.45) is 7.05 Å². The van der Waals surface area contributed by atoms with Crippen LogP contribution in [0.1, 0.15) is 10.5 Å². The number of piperazine rings is 1. The summed E-state index contributed by atoms with van der Waals surface area (Å²) in [6.07, 6.45) is 2.79. The van der Waals surface area contributed by atoms with Crippen molar-refractivity contribution >= 4 is 47.8 Å². The van der Waals surface area contributed by atoms with Gasteiger partial charge in [-0.3, -0.25) is 14.6 Å². The Bertz CT molecular complexity index is 869. The summed E-state index contributed by atoms with van der Waals surface area (Å²) in [4.78, 5) is 14.2. The molecule has 2 aromatic heterocycles. The van der Waals surface area contributed by atoms with Gasteiger partial charge in [0.25, 0.3) is 5.91 Å². The molecule has 0 unspecified atom stereocenters. The van der Waals surface area contributed by atoms with E-state index in [1.54, 1.807) is 11.9 Å². The summed E-state index contributed by atoms with van der Waals surface area (Å²) in [7, 11) is -1.92. The maximum Gasteiger partial charge on any atom is 0.275 e. The SMILES string of the molecule is Cn1cc(S(=O)(=O)N2CCN(C(=O)c3n[nH]c(Br)c3Br)CC2)cn1. The molecule has 3 rings (SSSR count). The van der Waals surface area contributed by atoms with Gasteiger partial charge in [0.2, 0.25) is 10.0 Å². The van der Waals surface area contributed by atoms with Crippen LogP contribution in [0.5, 0.6) is 0 Å². The van der Waals surface area contributed by atoms with Gasteiger partial charge in [0.15, 0.2) is 5.69 Å². The number of sulfonamides is 1. The van der Waals surface area contributed by atoms with Gasteiger partial charge in [0, 0.05) is 39.4 Å². The number of H-pyrrole nitrogens is 1. The van der Waals surface area contributed by atoms with E-state index in [0.29, 0.717) is 22.2 Å². The first-order valence-corrected chi connectivity index (χ1v) is 10.0. The zero-order valence-corrected chi connectivity index (χ0v) is 16.6. The molecule has 1 saturated heterocycles. The smallest absolute Gasteiger partial charge is 0.275 e. The molecular weight excluding hydrogens is 468 g/mol. The molecule has 1 aliphatic rings. The summed E-state index contributed by atoms with van der Waals surface area (Å²) in [5.74, 6) is -0.248. The molecule has 0 aliphatic carbocycles. The highest BCUT2D eigenvalue weighted by Gasteiger charge is 2.32. The fourth-order valence-electron chi connectivity index (χ4n) is 2.41. The highest BCUT2D eigenvalue weighted by Crippen LogP contribution is 2.25. The number of halogens is 2. The van der Waals surface area contributed by atoms with Crippen molar-refractivity contribution < 1.29 is 13.2 Å². The van der Waals surface area contributed by atoms with E-state index in [2.05, 4.69) is 47.2 Å². The second kappa shape index (κ2) is 6.58. The largest absolute Gasteiger partial charge is 0.335 e. The lowest BCUT2D eigenvalue weighted by Crippen LogP contribution is -2.50. The molecule has 1 fully saturated rings. The van der Waals surface area contributed by atoms with Crippen molar-refractivity contribution in [1.29, 1.82) is 0 Å². The monoisotopic (exact) mass is 480 g/mol. The van der Waals surface area contributed by atoms with Crippen molar-refractivity contribution in [3.63, 3.8) is 0 Å². The fourth-order valence-corrected chi connectivity index (χ4v) is 4.44. The number of hydrogen-bond donors (Lipinski definition) is 1. The predicted octanol–water partition coefficient (Wildman–Crippen LogP) is 0.815. The molecule has 1 N–H and O–H groups in total. The second-order valence-corrected chi connectivity index (χ2v) is 8.77. The van der Waals surface area contributed by atoms with Crippen molar-refractivity contribution in [3.05, 3.63) is 27.2 Å². The predicted molar refractivity (Wildman–Crippen MR) is 91.9 cm³/mol. The third kappa shape index (κ3) is 3.15. The number of nitrogens with one attached hydrogen (secondary N) is 1. The lowest BCUT2D eigenvalue weighted by atomic mass is 10.3. The molecule has 0 aromatic carbocycles. The quantitative estimate of drug-likeness (QED) is 0.698. The van der Waals surface area contributed by atoms with E-state index in [9.17, 15) is 13.2 Å². The summed E-state index contributed by atoms with van der Waals surface area (Å²) < 4.78 is 29.0. The molecular formula is C12H14Br2N6O3S. The zero-order valence-electron chi connectivity index (χ0n) is 12.6. The van der Waals surface area contributed by atoms with Crippen LogP contribution in [0.15, 0.2) is 26.4 Å². The van der Waals surface area contributed by atoms with Gasteiger partial charge in [-0.15, -0.1) is 0 Å². The number of carbonyl (C=O) groups excluding carboxylic acids is 1. The van der Waals surface area contributed by atoms with Crippen LogP contribution in [-0.4, -0.2) is 69.7 Å². The molecule has 1 aliphatic heterocycles. The van der Waals surface area contributed by atoms with E-state index >= 15 is 0 Å². The summed E-state index contributed by atoms with van der Waals surface area (Å²) in [5, 5.41) is 10.5. The number of rotatable bonds is 3. The Balaban J connectivity index is 1.70. The van der Waals surface area contributed by atoms with E-state index < -0.39 is 10.0 Å². The molecule has 0 saturated carbocycles. The number of aryl methyl sites for hydroxylation is 1. The van der Waals surface area contributed by atoms with Crippen LogP contribution >= 0.6 is 31.9 Å². The van der Waals surface area contributed by atoms with Crippen LogP contribution in [0.4, 0.5) is 0 Å². The molecule has 0 radical (unpaired) electrons. The minimum Gasteiger partial charge on any atom is -0.335 e. The molecule has 0 bridgehead atoms. The Morgan fingerprint density at radius 3 is 2.42 bits per heavy atom. The Labute approximate surface area is 155 Å². The second-order valence-electron chi connectivity index (χ2n) is 5.25. The lowest BCUT2D eigenvalue weighted by molar-refractivity contribution is 0.0691. The Morgan fingerprint density at radius 2 is 1.92 bits per heavy atom. The number of amides is 1. The van der Waals surface area contributed by atoms with Crippen LogP contribution in [0.2, 0.25) is 0 Å². The minimum absolute atomic E-state index is 0.156. The number of nitrogens with zero attached hydrogens (tertiary/aromatic N) is 5. The first kappa shape index (κ1) is 17.6. The summed E-state index contributed by atoms with van der Waals surface area (Å²) in [6.45, 7) is 1.06. The molecule has 0 spiro atoms.